The molecule has 5 nitrogen and oxygen atoms in total. The summed E-state index contributed by atoms with van der Waals surface area (Å²) in [6, 6.07) is 7.58. The quantitative estimate of drug-likeness (QED) is 0.787. The Morgan fingerprint density at radius 1 is 1.25 bits per heavy atom. The molecule has 0 amide bonds. The minimum Gasteiger partial charge on any atom is -0.494 e. The van der Waals surface area contributed by atoms with Crippen molar-refractivity contribution in [3.63, 3.8) is 0 Å². The fourth-order valence-electron chi connectivity index (χ4n) is 2.33. The minimum atomic E-state index is -0.708. The van der Waals surface area contributed by atoms with Gasteiger partial charge in [0.15, 0.2) is 0 Å². The van der Waals surface area contributed by atoms with Gasteiger partial charge < -0.3 is 14.6 Å². The third-order valence-corrected chi connectivity index (χ3v) is 3.31. The third kappa shape index (κ3) is 4.42. The molecule has 1 heterocycles. The predicted octanol–water partition coefficient (Wildman–Crippen LogP) is 1.87. The lowest BCUT2D eigenvalue weighted by Gasteiger charge is -2.38. The summed E-state index contributed by atoms with van der Waals surface area (Å²) in [5.74, 6) is 1.27. The Morgan fingerprint density at radius 2 is 1.85 bits per heavy atom. The number of benzene rings is 1. The van der Waals surface area contributed by atoms with Crippen molar-refractivity contribution in [3.05, 3.63) is 24.3 Å². The number of hydrogen-bond donors (Lipinski definition) is 1. The Bertz CT molecular complexity index is 426. The largest absolute Gasteiger partial charge is 0.494 e. The highest BCUT2D eigenvalue weighted by Crippen LogP contribution is 2.20. The Hall–Kier alpha value is -1.75. The average Bonchev–Trinajstić information content (AvgIpc) is 2.37. The molecule has 20 heavy (non-hydrogen) atoms. The molecular formula is C15H21NO4. The van der Waals surface area contributed by atoms with Crippen LogP contribution in [0.5, 0.6) is 11.5 Å². The van der Waals surface area contributed by atoms with Crippen molar-refractivity contribution in [3.8, 4) is 11.5 Å². The van der Waals surface area contributed by atoms with E-state index in [1.165, 1.54) is 0 Å². The van der Waals surface area contributed by atoms with E-state index in [-0.39, 0.29) is 6.42 Å². The maximum atomic E-state index is 10.5. The van der Waals surface area contributed by atoms with Gasteiger partial charge in [0, 0.05) is 19.6 Å². The standard InChI is InChI=1S/C15H21NO4/c1-2-19-13-3-5-14(6-4-13)20-8-7-16-10-12(11-16)9-15(17)18/h3-6,12H,2,7-11H2,1H3,(H,17,18). The van der Waals surface area contributed by atoms with Crippen LogP contribution in [0.3, 0.4) is 0 Å². The monoisotopic (exact) mass is 279 g/mol. The molecule has 1 aliphatic rings. The maximum absolute atomic E-state index is 10.5. The van der Waals surface area contributed by atoms with Crippen LogP contribution in [0.1, 0.15) is 13.3 Å². The Labute approximate surface area is 119 Å². The number of carboxylic acids is 1. The van der Waals surface area contributed by atoms with E-state index in [2.05, 4.69) is 4.90 Å². The second kappa shape index (κ2) is 7.14. The van der Waals surface area contributed by atoms with Crippen LogP contribution in [-0.4, -0.2) is 48.8 Å². The zero-order valence-electron chi connectivity index (χ0n) is 11.7. The molecule has 2 rings (SSSR count). The van der Waals surface area contributed by atoms with E-state index >= 15 is 0 Å². The highest BCUT2D eigenvalue weighted by atomic mass is 16.5. The molecule has 1 aliphatic heterocycles. The summed E-state index contributed by atoms with van der Waals surface area (Å²) in [5.41, 5.74) is 0. The van der Waals surface area contributed by atoms with E-state index in [1.54, 1.807) is 0 Å². The van der Waals surface area contributed by atoms with Crippen LogP contribution >= 0.6 is 0 Å². The molecule has 110 valence electrons. The van der Waals surface area contributed by atoms with Gasteiger partial charge in [-0.3, -0.25) is 9.69 Å². The summed E-state index contributed by atoms with van der Waals surface area (Å²) in [6.45, 7) is 5.79. The molecule has 0 bridgehead atoms. The van der Waals surface area contributed by atoms with Gasteiger partial charge in [-0.1, -0.05) is 0 Å². The van der Waals surface area contributed by atoms with Crippen molar-refractivity contribution in [2.24, 2.45) is 5.92 Å². The molecule has 0 aliphatic carbocycles. The summed E-state index contributed by atoms with van der Waals surface area (Å²) >= 11 is 0. The summed E-state index contributed by atoms with van der Waals surface area (Å²) in [4.78, 5) is 12.7. The fourth-order valence-corrected chi connectivity index (χ4v) is 2.33. The molecule has 1 N–H and O–H groups in total. The van der Waals surface area contributed by atoms with E-state index in [0.717, 1.165) is 31.1 Å². The van der Waals surface area contributed by atoms with Gasteiger partial charge in [-0.25, -0.2) is 0 Å². The molecule has 5 heteroatoms. The summed E-state index contributed by atoms with van der Waals surface area (Å²) in [6.07, 6.45) is 0.274. The second-order valence-electron chi connectivity index (χ2n) is 4.98. The van der Waals surface area contributed by atoms with E-state index in [9.17, 15) is 4.79 Å². The number of likely N-dealkylation sites (tertiary alicyclic amines) is 1. The fraction of sp³-hybridized carbons (Fsp3) is 0.533. The number of rotatable bonds is 8. The van der Waals surface area contributed by atoms with E-state index in [4.69, 9.17) is 14.6 Å². The highest BCUT2D eigenvalue weighted by Gasteiger charge is 2.27. The van der Waals surface area contributed by atoms with Gasteiger partial charge in [0.05, 0.1) is 13.0 Å². The van der Waals surface area contributed by atoms with Gasteiger partial charge in [0.2, 0.25) is 0 Å². The Morgan fingerprint density at radius 3 is 2.40 bits per heavy atom. The molecule has 0 atom stereocenters. The molecule has 1 aromatic rings. The normalized spacial score (nSPS) is 15.7. The Kier molecular flexibility index (Phi) is 5.24. The van der Waals surface area contributed by atoms with Gasteiger partial charge in [0.1, 0.15) is 18.1 Å². The first-order valence-electron chi connectivity index (χ1n) is 6.97. The van der Waals surface area contributed by atoms with Crippen LogP contribution in [0.2, 0.25) is 0 Å². The molecule has 0 radical (unpaired) electrons. The number of carboxylic acid groups (broad SMARTS) is 1. The van der Waals surface area contributed by atoms with Gasteiger partial charge in [-0.05, 0) is 37.1 Å². The van der Waals surface area contributed by atoms with E-state index in [1.807, 2.05) is 31.2 Å². The first-order valence-corrected chi connectivity index (χ1v) is 6.97. The lowest BCUT2D eigenvalue weighted by molar-refractivity contribution is -0.139. The van der Waals surface area contributed by atoms with Crippen LogP contribution in [0, 0.1) is 5.92 Å². The SMILES string of the molecule is CCOc1ccc(OCCN2CC(CC(=O)O)C2)cc1. The zero-order chi connectivity index (χ0) is 14.4. The highest BCUT2D eigenvalue weighted by molar-refractivity contribution is 5.67. The smallest absolute Gasteiger partial charge is 0.303 e. The molecule has 0 saturated carbocycles. The molecule has 1 fully saturated rings. The minimum absolute atomic E-state index is 0.274. The number of ether oxygens (including phenoxy) is 2. The lowest BCUT2D eigenvalue weighted by atomic mass is 9.97. The van der Waals surface area contributed by atoms with Crippen LogP contribution in [0.25, 0.3) is 0 Å². The average molecular weight is 279 g/mol. The zero-order valence-corrected chi connectivity index (χ0v) is 11.7. The summed E-state index contributed by atoms with van der Waals surface area (Å²) in [7, 11) is 0. The van der Waals surface area contributed by atoms with Crippen LogP contribution in [0.4, 0.5) is 0 Å². The van der Waals surface area contributed by atoms with E-state index in [0.29, 0.717) is 19.1 Å². The van der Waals surface area contributed by atoms with Crippen LogP contribution in [0.15, 0.2) is 24.3 Å². The first-order chi connectivity index (χ1) is 9.67. The number of aliphatic carboxylic acids is 1. The van der Waals surface area contributed by atoms with Crippen molar-refractivity contribution in [2.75, 3.05) is 32.8 Å². The molecule has 0 spiro atoms. The molecule has 0 unspecified atom stereocenters. The first kappa shape index (κ1) is 14.7. The topological polar surface area (TPSA) is 59.0 Å². The van der Waals surface area contributed by atoms with Gasteiger partial charge >= 0.3 is 5.97 Å². The van der Waals surface area contributed by atoms with Crippen molar-refractivity contribution < 1.29 is 19.4 Å². The lowest BCUT2D eigenvalue weighted by Crippen LogP contribution is -2.48. The summed E-state index contributed by atoms with van der Waals surface area (Å²) < 4.78 is 11.0. The molecule has 0 aromatic heterocycles. The predicted molar refractivity (Wildman–Crippen MR) is 75.3 cm³/mol. The van der Waals surface area contributed by atoms with Crippen LogP contribution < -0.4 is 9.47 Å². The third-order valence-electron chi connectivity index (χ3n) is 3.31. The molecular weight excluding hydrogens is 258 g/mol. The number of carbonyl (C=O) groups is 1. The second-order valence-corrected chi connectivity index (χ2v) is 4.98. The van der Waals surface area contributed by atoms with Crippen LogP contribution in [-0.2, 0) is 4.79 Å². The van der Waals surface area contributed by atoms with Crippen molar-refractivity contribution >= 4 is 5.97 Å². The molecule has 1 saturated heterocycles. The molecule has 1 aromatic carbocycles. The Balaban J connectivity index is 1.61. The maximum Gasteiger partial charge on any atom is 0.303 e. The van der Waals surface area contributed by atoms with Crippen molar-refractivity contribution in [2.45, 2.75) is 13.3 Å². The van der Waals surface area contributed by atoms with Gasteiger partial charge in [-0.15, -0.1) is 0 Å². The summed E-state index contributed by atoms with van der Waals surface area (Å²) in [5, 5.41) is 8.67. The number of hydrogen-bond acceptors (Lipinski definition) is 4. The van der Waals surface area contributed by atoms with Gasteiger partial charge in [-0.2, -0.15) is 0 Å². The van der Waals surface area contributed by atoms with Crippen molar-refractivity contribution in [1.82, 2.24) is 4.90 Å². The van der Waals surface area contributed by atoms with Gasteiger partial charge in [0.25, 0.3) is 0 Å². The van der Waals surface area contributed by atoms with E-state index < -0.39 is 5.97 Å². The van der Waals surface area contributed by atoms with Crippen molar-refractivity contribution in [1.29, 1.82) is 0 Å². The number of nitrogens with zero attached hydrogens (tertiary/aromatic N) is 1.